The first-order chi connectivity index (χ1) is 13.4. The standard InChI is InChI=1S/C21H25ClN2O3S/c1-3-4-13-5-7-15-17(10-13)28-21(19(15)20(23)26)24-18(25)11-27-16-8-6-14(22)9-12(16)2/h6,8-9,13H,3-5,7,10-11H2,1-2H3,(H2,23,26)(H,24,25)/t13-/m0/s1. The van der Waals surface area contributed by atoms with E-state index in [4.69, 9.17) is 22.1 Å². The van der Waals surface area contributed by atoms with Crippen molar-refractivity contribution in [3.05, 3.63) is 44.8 Å². The fourth-order valence-corrected chi connectivity index (χ4v) is 5.35. The van der Waals surface area contributed by atoms with E-state index in [0.717, 1.165) is 36.8 Å². The van der Waals surface area contributed by atoms with E-state index >= 15 is 0 Å². The first kappa shape index (κ1) is 20.7. The number of halogens is 1. The van der Waals surface area contributed by atoms with E-state index in [0.29, 0.717) is 27.3 Å². The van der Waals surface area contributed by atoms with E-state index in [1.54, 1.807) is 18.2 Å². The molecule has 7 heteroatoms. The highest BCUT2D eigenvalue weighted by Crippen LogP contribution is 2.40. The van der Waals surface area contributed by atoms with Gasteiger partial charge in [0.25, 0.3) is 11.8 Å². The lowest BCUT2D eigenvalue weighted by molar-refractivity contribution is -0.118. The summed E-state index contributed by atoms with van der Waals surface area (Å²) >= 11 is 7.41. The molecule has 1 aliphatic rings. The third-order valence-electron chi connectivity index (χ3n) is 5.06. The van der Waals surface area contributed by atoms with Gasteiger partial charge in [0, 0.05) is 9.90 Å². The van der Waals surface area contributed by atoms with Crippen molar-refractivity contribution in [2.45, 2.75) is 46.0 Å². The van der Waals surface area contributed by atoms with E-state index < -0.39 is 5.91 Å². The van der Waals surface area contributed by atoms with Crippen molar-refractivity contribution in [2.24, 2.45) is 11.7 Å². The van der Waals surface area contributed by atoms with Gasteiger partial charge in [0.15, 0.2) is 6.61 Å². The van der Waals surface area contributed by atoms with Crippen LogP contribution in [0.15, 0.2) is 18.2 Å². The second-order valence-corrected chi connectivity index (χ2v) is 8.76. The quantitative estimate of drug-likeness (QED) is 0.679. The molecule has 0 bridgehead atoms. The zero-order valence-corrected chi connectivity index (χ0v) is 17.7. The average molecular weight is 421 g/mol. The van der Waals surface area contributed by atoms with Crippen molar-refractivity contribution >= 4 is 39.8 Å². The minimum absolute atomic E-state index is 0.151. The molecule has 3 N–H and O–H groups in total. The van der Waals surface area contributed by atoms with E-state index in [2.05, 4.69) is 12.2 Å². The minimum Gasteiger partial charge on any atom is -0.483 e. The number of benzene rings is 1. The summed E-state index contributed by atoms with van der Waals surface area (Å²) < 4.78 is 5.59. The summed E-state index contributed by atoms with van der Waals surface area (Å²) in [5, 5.41) is 3.98. The van der Waals surface area contributed by atoms with Gasteiger partial charge in [-0.05, 0) is 61.4 Å². The summed E-state index contributed by atoms with van der Waals surface area (Å²) in [7, 11) is 0. The van der Waals surface area contributed by atoms with Gasteiger partial charge >= 0.3 is 0 Å². The Kier molecular flexibility index (Phi) is 6.62. The number of nitrogens with two attached hydrogens (primary N) is 1. The molecule has 1 atom stereocenters. The molecule has 28 heavy (non-hydrogen) atoms. The molecule has 0 aliphatic heterocycles. The molecule has 1 heterocycles. The smallest absolute Gasteiger partial charge is 0.262 e. The Morgan fingerprint density at radius 3 is 2.86 bits per heavy atom. The van der Waals surface area contributed by atoms with Crippen LogP contribution in [0.5, 0.6) is 5.75 Å². The maximum Gasteiger partial charge on any atom is 0.262 e. The third kappa shape index (κ3) is 4.67. The second kappa shape index (κ2) is 8.97. The lowest BCUT2D eigenvalue weighted by Crippen LogP contribution is -2.23. The summed E-state index contributed by atoms with van der Waals surface area (Å²) in [5.41, 5.74) is 7.95. The molecule has 3 rings (SSSR count). The lowest BCUT2D eigenvalue weighted by Gasteiger charge is -2.21. The van der Waals surface area contributed by atoms with E-state index in [-0.39, 0.29) is 12.5 Å². The Morgan fingerprint density at radius 1 is 1.39 bits per heavy atom. The van der Waals surface area contributed by atoms with Gasteiger partial charge in [-0.1, -0.05) is 31.4 Å². The van der Waals surface area contributed by atoms with Crippen molar-refractivity contribution in [2.75, 3.05) is 11.9 Å². The van der Waals surface area contributed by atoms with Crippen LogP contribution in [0.1, 0.15) is 52.5 Å². The monoisotopic (exact) mass is 420 g/mol. The van der Waals surface area contributed by atoms with E-state index in [1.807, 2.05) is 6.92 Å². The molecule has 1 aliphatic carbocycles. The molecule has 0 radical (unpaired) electrons. The number of carbonyl (C=O) groups excluding carboxylic acids is 2. The van der Waals surface area contributed by atoms with Gasteiger partial charge in [-0.25, -0.2) is 0 Å². The van der Waals surface area contributed by atoms with Gasteiger partial charge in [-0.15, -0.1) is 11.3 Å². The summed E-state index contributed by atoms with van der Waals surface area (Å²) in [6, 6.07) is 5.23. The lowest BCUT2D eigenvalue weighted by atomic mass is 9.84. The molecule has 150 valence electrons. The third-order valence-corrected chi connectivity index (χ3v) is 6.46. The number of hydrogen-bond acceptors (Lipinski definition) is 4. The topological polar surface area (TPSA) is 81.4 Å². The van der Waals surface area contributed by atoms with Gasteiger partial charge in [0.2, 0.25) is 0 Å². The molecular formula is C21H25ClN2O3S. The van der Waals surface area contributed by atoms with Gasteiger partial charge in [0.05, 0.1) is 5.56 Å². The number of hydrogen-bond donors (Lipinski definition) is 2. The highest BCUT2D eigenvalue weighted by molar-refractivity contribution is 7.17. The number of anilines is 1. The number of nitrogens with one attached hydrogen (secondary N) is 1. The SMILES string of the molecule is CCC[C@H]1CCc2c(sc(NC(=O)COc3ccc(Cl)cc3C)c2C(N)=O)C1. The Labute approximate surface area is 174 Å². The van der Waals surface area contributed by atoms with Crippen LogP contribution in [0.25, 0.3) is 0 Å². The molecular weight excluding hydrogens is 396 g/mol. The number of thiophene rings is 1. The largest absolute Gasteiger partial charge is 0.483 e. The highest BCUT2D eigenvalue weighted by atomic mass is 35.5. The first-order valence-electron chi connectivity index (χ1n) is 9.52. The number of fused-ring (bicyclic) bond motifs is 1. The molecule has 1 aromatic heterocycles. The fourth-order valence-electron chi connectivity index (χ4n) is 3.74. The van der Waals surface area contributed by atoms with Crippen molar-refractivity contribution < 1.29 is 14.3 Å². The summed E-state index contributed by atoms with van der Waals surface area (Å²) in [6.07, 6.45) is 5.18. The molecule has 0 spiro atoms. The minimum atomic E-state index is -0.490. The van der Waals surface area contributed by atoms with Crippen molar-refractivity contribution in [1.82, 2.24) is 0 Å². The molecule has 1 aromatic carbocycles. The predicted octanol–water partition coefficient (Wildman–Crippen LogP) is 4.73. The zero-order chi connectivity index (χ0) is 20.3. The Balaban J connectivity index is 1.71. The fraction of sp³-hybridized carbons (Fsp3) is 0.429. The maximum atomic E-state index is 12.4. The predicted molar refractivity (Wildman–Crippen MR) is 114 cm³/mol. The number of primary amides is 1. The molecule has 5 nitrogen and oxygen atoms in total. The first-order valence-corrected chi connectivity index (χ1v) is 10.7. The number of amides is 2. The van der Waals surface area contributed by atoms with Crippen LogP contribution in [0.4, 0.5) is 5.00 Å². The molecule has 0 saturated carbocycles. The van der Waals surface area contributed by atoms with Crippen LogP contribution in [0, 0.1) is 12.8 Å². The van der Waals surface area contributed by atoms with Crippen molar-refractivity contribution in [3.63, 3.8) is 0 Å². The van der Waals surface area contributed by atoms with Crippen LogP contribution < -0.4 is 15.8 Å². The maximum absolute atomic E-state index is 12.4. The Hall–Kier alpha value is -2.05. The van der Waals surface area contributed by atoms with Crippen LogP contribution in [0.3, 0.4) is 0 Å². The van der Waals surface area contributed by atoms with Crippen LogP contribution in [0.2, 0.25) is 5.02 Å². The van der Waals surface area contributed by atoms with E-state index in [1.165, 1.54) is 22.6 Å². The molecule has 0 saturated heterocycles. The Bertz CT molecular complexity index is 894. The summed E-state index contributed by atoms with van der Waals surface area (Å²) in [6.45, 7) is 3.90. The van der Waals surface area contributed by atoms with Crippen molar-refractivity contribution in [1.29, 1.82) is 0 Å². The van der Waals surface area contributed by atoms with Crippen LogP contribution in [-0.4, -0.2) is 18.4 Å². The van der Waals surface area contributed by atoms with Crippen molar-refractivity contribution in [3.8, 4) is 5.75 Å². The number of ether oxygens (including phenoxy) is 1. The Morgan fingerprint density at radius 2 is 2.18 bits per heavy atom. The zero-order valence-electron chi connectivity index (χ0n) is 16.1. The van der Waals surface area contributed by atoms with Gasteiger partial charge in [-0.3, -0.25) is 9.59 Å². The number of carbonyl (C=O) groups is 2. The molecule has 2 aromatic rings. The normalized spacial score (nSPS) is 15.8. The summed E-state index contributed by atoms with van der Waals surface area (Å²) in [4.78, 5) is 25.6. The molecule has 0 unspecified atom stereocenters. The summed E-state index contributed by atoms with van der Waals surface area (Å²) in [5.74, 6) is 0.427. The highest BCUT2D eigenvalue weighted by Gasteiger charge is 2.28. The van der Waals surface area contributed by atoms with Crippen LogP contribution >= 0.6 is 22.9 Å². The number of aryl methyl sites for hydroxylation is 1. The van der Waals surface area contributed by atoms with Gasteiger partial charge < -0.3 is 15.8 Å². The molecule has 2 amide bonds. The average Bonchev–Trinajstić information content (AvgIpc) is 2.98. The number of rotatable bonds is 7. The van der Waals surface area contributed by atoms with Gasteiger partial charge in [0.1, 0.15) is 10.8 Å². The second-order valence-electron chi connectivity index (χ2n) is 7.22. The van der Waals surface area contributed by atoms with Gasteiger partial charge in [-0.2, -0.15) is 0 Å². The molecule has 0 fully saturated rings. The van der Waals surface area contributed by atoms with Crippen LogP contribution in [-0.2, 0) is 17.6 Å². The van der Waals surface area contributed by atoms with E-state index in [9.17, 15) is 9.59 Å².